The highest BCUT2D eigenvalue weighted by Crippen LogP contribution is 1.91. The van der Waals surface area contributed by atoms with Crippen LogP contribution < -0.4 is 0 Å². The van der Waals surface area contributed by atoms with Crippen molar-refractivity contribution < 1.29 is 25.5 Å². The maximum Gasteiger partial charge on any atom is 0.292 e. The Hall–Kier alpha value is -0.0200. The van der Waals surface area contributed by atoms with Crippen molar-refractivity contribution >= 4 is 21.5 Å². The molecule has 0 bridgehead atoms. The molecule has 0 amide bonds. The Morgan fingerprint density at radius 2 is 2.10 bits per heavy atom. The van der Waals surface area contributed by atoms with Crippen molar-refractivity contribution in [2.75, 3.05) is 13.0 Å². The third kappa shape index (κ3) is 4.82. The van der Waals surface area contributed by atoms with Gasteiger partial charge in [0.25, 0.3) is 10.1 Å². The zero-order valence-electron chi connectivity index (χ0n) is 4.97. The lowest BCUT2D eigenvalue weighted by Crippen LogP contribution is -2.11. The monoisotopic (exact) mass is 189 g/mol. The van der Waals surface area contributed by atoms with Crippen LogP contribution in [0.2, 0.25) is 0 Å². The predicted molar refractivity (Wildman–Crippen MR) is 30.8 cm³/mol. The lowest BCUT2D eigenvalue weighted by molar-refractivity contribution is 0.315. The molecular weight excluding hydrogens is 184 g/mol. The van der Waals surface area contributed by atoms with Crippen LogP contribution in [0, 0.1) is 0 Å². The van der Waals surface area contributed by atoms with Crippen molar-refractivity contribution in [2.24, 2.45) is 0 Å². The van der Waals surface area contributed by atoms with Gasteiger partial charge in [0, 0.05) is 0 Å². The fourth-order valence-electron chi connectivity index (χ4n) is 0.146. The second-order valence-electron chi connectivity index (χ2n) is 1.16. The van der Waals surface area contributed by atoms with E-state index in [4.69, 9.17) is 0 Å². The van der Waals surface area contributed by atoms with Crippen molar-refractivity contribution in [3.8, 4) is 0 Å². The van der Waals surface area contributed by atoms with E-state index in [-0.39, 0.29) is 0 Å². The molecule has 0 aliphatic carbocycles. The van der Waals surface area contributed by atoms with Gasteiger partial charge in [0.15, 0.2) is 5.94 Å². The molecule has 0 radical (unpaired) electrons. The second-order valence-corrected chi connectivity index (χ2v) is 3.49. The van der Waals surface area contributed by atoms with Crippen molar-refractivity contribution in [1.29, 1.82) is 0 Å². The van der Waals surface area contributed by atoms with E-state index in [1.54, 1.807) is 0 Å². The van der Waals surface area contributed by atoms with Crippen LogP contribution in [-0.2, 0) is 29.8 Å². The molecule has 0 N–H and O–H groups in total. The zero-order chi connectivity index (χ0) is 8.20. The first-order valence-corrected chi connectivity index (χ1v) is 4.56. The van der Waals surface area contributed by atoms with Crippen molar-refractivity contribution in [3.63, 3.8) is 0 Å². The molecule has 1 unspecified atom stereocenters. The number of rotatable bonds is 4. The maximum absolute atomic E-state index is 10.3. The maximum atomic E-state index is 10.3. The SMILES string of the molecule is COS(=O)(=O)COS(=O)[O-]. The van der Waals surface area contributed by atoms with E-state index >= 15 is 0 Å². The van der Waals surface area contributed by atoms with Crippen LogP contribution in [0.5, 0.6) is 0 Å². The minimum Gasteiger partial charge on any atom is -0.750 e. The molecule has 0 saturated carbocycles. The Labute approximate surface area is 60.8 Å². The van der Waals surface area contributed by atoms with Crippen LogP contribution in [0.25, 0.3) is 0 Å². The molecule has 6 nitrogen and oxygen atoms in total. The quantitative estimate of drug-likeness (QED) is 0.404. The summed E-state index contributed by atoms with van der Waals surface area (Å²) in [5.41, 5.74) is 0. The van der Waals surface area contributed by atoms with E-state index in [9.17, 15) is 17.2 Å². The Bertz CT molecular complexity index is 204. The Balaban J connectivity index is 3.81. The molecular formula is C2H5O6S2-. The molecule has 0 aromatic carbocycles. The molecule has 0 aromatic rings. The average molecular weight is 189 g/mol. The molecule has 8 heteroatoms. The Morgan fingerprint density at radius 1 is 1.60 bits per heavy atom. The lowest BCUT2D eigenvalue weighted by atomic mass is 11.7. The summed E-state index contributed by atoms with van der Waals surface area (Å²) in [4.78, 5) is 0. The summed E-state index contributed by atoms with van der Waals surface area (Å²) in [5, 5.41) is 0. The molecule has 0 aliphatic heterocycles. The predicted octanol–water partition coefficient (Wildman–Crippen LogP) is -1.27. The van der Waals surface area contributed by atoms with Crippen LogP contribution in [0.15, 0.2) is 0 Å². The average Bonchev–Trinajstić information content (AvgIpc) is 1.85. The summed E-state index contributed by atoms with van der Waals surface area (Å²) in [5.74, 6) is -0.986. The van der Waals surface area contributed by atoms with Crippen molar-refractivity contribution in [3.05, 3.63) is 0 Å². The van der Waals surface area contributed by atoms with Gasteiger partial charge in [0.1, 0.15) is 0 Å². The highest BCUT2D eigenvalue weighted by Gasteiger charge is 2.07. The Kier molecular flexibility index (Phi) is 3.98. The second kappa shape index (κ2) is 3.98. The van der Waals surface area contributed by atoms with Gasteiger partial charge < -0.3 is 4.55 Å². The van der Waals surface area contributed by atoms with Gasteiger partial charge in [0.05, 0.1) is 18.5 Å². The molecule has 0 saturated heterocycles. The molecule has 0 heterocycles. The molecule has 0 aromatic heterocycles. The smallest absolute Gasteiger partial charge is 0.292 e. The summed E-state index contributed by atoms with van der Waals surface area (Å²) >= 11 is -2.82. The minimum absolute atomic E-state index is 0.909. The van der Waals surface area contributed by atoms with Gasteiger partial charge in [-0.1, -0.05) is 0 Å². The van der Waals surface area contributed by atoms with Crippen molar-refractivity contribution in [1.82, 2.24) is 0 Å². The highest BCUT2D eigenvalue weighted by atomic mass is 32.2. The topological polar surface area (TPSA) is 92.7 Å². The van der Waals surface area contributed by atoms with E-state index in [1.165, 1.54) is 0 Å². The highest BCUT2D eigenvalue weighted by molar-refractivity contribution is 7.87. The van der Waals surface area contributed by atoms with Gasteiger partial charge in [-0.3, -0.25) is 8.37 Å². The van der Waals surface area contributed by atoms with Crippen LogP contribution in [0.1, 0.15) is 0 Å². The van der Waals surface area contributed by atoms with E-state index in [2.05, 4.69) is 8.37 Å². The van der Waals surface area contributed by atoms with Gasteiger partial charge in [0.2, 0.25) is 0 Å². The lowest BCUT2D eigenvalue weighted by Gasteiger charge is -2.03. The molecule has 0 spiro atoms. The van der Waals surface area contributed by atoms with E-state index in [1.807, 2.05) is 0 Å². The van der Waals surface area contributed by atoms with E-state index < -0.39 is 27.4 Å². The zero-order valence-corrected chi connectivity index (χ0v) is 6.61. The largest absolute Gasteiger partial charge is 0.750 e. The number of hydrogen-bond donors (Lipinski definition) is 0. The van der Waals surface area contributed by atoms with Gasteiger partial charge in [-0.05, 0) is 0 Å². The Morgan fingerprint density at radius 3 is 2.40 bits per heavy atom. The third-order valence-electron chi connectivity index (χ3n) is 0.543. The summed E-state index contributed by atoms with van der Waals surface area (Å²) in [6.07, 6.45) is 0. The van der Waals surface area contributed by atoms with Crippen LogP contribution >= 0.6 is 0 Å². The van der Waals surface area contributed by atoms with Gasteiger partial charge in [-0.2, -0.15) is 8.42 Å². The first-order chi connectivity index (χ1) is 4.48. The van der Waals surface area contributed by atoms with Crippen LogP contribution in [0.3, 0.4) is 0 Å². The van der Waals surface area contributed by atoms with Gasteiger partial charge in [-0.25, -0.2) is 4.21 Å². The normalized spacial score (nSPS) is 15.0. The van der Waals surface area contributed by atoms with Gasteiger partial charge in [-0.15, -0.1) is 0 Å². The molecule has 0 aliphatic rings. The molecule has 1 atom stereocenters. The summed E-state index contributed by atoms with van der Waals surface area (Å²) < 4.78 is 47.4. The minimum atomic E-state index is -3.83. The summed E-state index contributed by atoms with van der Waals surface area (Å²) in [7, 11) is -2.92. The van der Waals surface area contributed by atoms with Gasteiger partial charge >= 0.3 is 0 Å². The van der Waals surface area contributed by atoms with E-state index in [0.29, 0.717) is 0 Å². The fourth-order valence-corrected chi connectivity index (χ4v) is 1.03. The molecule has 62 valence electrons. The standard InChI is InChI=1S/C2H6O6S2/c1-7-10(5,6)2-8-9(3)4/h2H2,1H3,(H,3,4)/p-1. The van der Waals surface area contributed by atoms with E-state index in [0.717, 1.165) is 7.11 Å². The fraction of sp³-hybridized carbons (Fsp3) is 1.00. The summed E-state index contributed by atoms with van der Waals surface area (Å²) in [6.45, 7) is 0. The molecule has 10 heavy (non-hydrogen) atoms. The first-order valence-electron chi connectivity index (χ1n) is 1.99. The summed E-state index contributed by atoms with van der Waals surface area (Å²) in [6, 6.07) is 0. The first kappa shape index (κ1) is 9.98. The molecule has 0 rings (SSSR count). The number of hydrogen-bond acceptors (Lipinski definition) is 6. The van der Waals surface area contributed by atoms with Crippen molar-refractivity contribution in [2.45, 2.75) is 0 Å². The van der Waals surface area contributed by atoms with Crippen LogP contribution in [-0.4, -0.2) is 30.2 Å². The molecule has 0 fully saturated rings. The third-order valence-corrected chi connectivity index (χ3v) is 1.92. The van der Waals surface area contributed by atoms with Crippen LogP contribution in [0.4, 0.5) is 0 Å².